The van der Waals surface area contributed by atoms with Crippen molar-refractivity contribution in [1.29, 1.82) is 0 Å². The van der Waals surface area contributed by atoms with Gasteiger partial charge in [0, 0.05) is 24.9 Å². The fourth-order valence-electron chi connectivity index (χ4n) is 4.58. The van der Waals surface area contributed by atoms with Gasteiger partial charge in [0.1, 0.15) is 18.6 Å². The lowest BCUT2D eigenvalue weighted by molar-refractivity contribution is -0.143. The third-order valence-corrected chi connectivity index (χ3v) is 6.40. The molecule has 9 nitrogen and oxygen atoms in total. The first-order valence-electron chi connectivity index (χ1n) is 11.3. The maximum Gasteiger partial charge on any atom is 0.407 e. The van der Waals surface area contributed by atoms with Crippen LogP contribution < -0.4 is 16.0 Å². The Balaban J connectivity index is 1.32. The van der Waals surface area contributed by atoms with Crippen molar-refractivity contribution in [3.63, 3.8) is 0 Å². The highest BCUT2D eigenvalue weighted by molar-refractivity contribution is 5.94. The summed E-state index contributed by atoms with van der Waals surface area (Å²) >= 11 is 0. The molecule has 2 aromatic carbocycles. The highest BCUT2D eigenvalue weighted by Gasteiger charge is 2.40. The third kappa shape index (κ3) is 4.73. The van der Waals surface area contributed by atoms with Crippen LogP contribution in [0, 0.1) is 5.92 Å². The number of ether oxygens (including phenoxy) is 1. The Kier molecular flexibility index (Phi) is 6.81. The maximum atomic E-state index is 12.5. The molecule has 3 amide bonds. The Morgan fingerprint density at radius 1 is 1.09 bits per heavy atom. The number of aliphatic carboxylic acids is 1. The van der Waals surface area contributed by atoms with Crippen LogP contribution in [-0.2, 0) is 19.1 Å². The molecule has 3 atom stereocenters. The number of benzene rings is 2. The number of hydrogen-bond donors (Lipinski definition) is 4. The second-order valence-corrected chi connectivity index (χ2v) is 8.51. The Morgan fingerprint density at radius 2 is 1.71 bits per heavy atom. The molecule has 0 radical (unpaired) electrons. The van der Waals surface area contributed by atoms with Crippen LogP contribution in [-0.4, -0.2) is 54.2 Å². The molecule has 2 unspecified atom stereocenters. The molecule has 178 valence electrons. The molecule has 1 fully saturated rings. The number of amides is 3. The average Bonchev–Trinajstić information content (AvgIpc) is 3.35. The maximum absolute atomic E-state index is 12.5. The zero-order valence-corrected chi connectivity index (χ0v) is 18.7. The van der Waals surface area contributed by atoms with Crippen LogP contribution in [0.4, 0.5) is 4.79 Å². The van der Waals surface area contributed by atoms with Crippen LogP contribution in [0.5, 0.6) is 0 Å². The SMILES string of the molecule is CC[C@@H](CC(=O)NC1C(=O)NCC1C(=O)O)NC(=O)OCC1c2ccccc2-c2ccccc21. The number of alkyl carbamates (subject to hydrolysis) is 1. The van der Waals surface area contributed by atoms with Crippen molar-refractivity contribution in [1.82, 2.24) is 16.0 Å². The van der Waals surface area contributed by atoms with Gasteiger partial charge in [-0.3, -0.25) is 14.4 Å². The lowest BCUT2D eigenvalue weighted by Crippen LogP contribution is -2.47. The monoisotopic (exact) mass is 465 g/mol. The van der Waals surface area contributed by atoms with Crippen LogP contribution in [0.1, 0.15) is 36.8 Å². The van der Waals surface area contributed by atoms with E-state index in [1.807, 2.05) is 43.3 Å². The predicted octanol–water partition coefficient (Wildman–Crippen LogP) is 2.01. The minimum absolute atomic E-state index is 0.0334. The molecular formula is C25H27N3O6. The fourth-order valence-corrected chi connectivity index (χ4v) is 4.58. The summed E-state index contributed by atoms with van der Waals surface area (Å²) in [5.41, 5.74) is 4.47. The van der Waals surface area contributed by atoms with Crippen molar-refractivity contribution in [3.8, 4) is 11.1 Å². The van der Waals surface area contributed by atoms with E-state index in [2.05, 4.69) is 28.1 Å². The largest absolute Gasteiger partial charge is 0.481 e. The third-order valence-electron chi connectivity index (χ3n) is 6.40. The van der Waals surface area contributed by atoms with Crippen molar-refractivity contribution in [3.05, 3.63) is 59.7 Å². The predicted molar refractivity (Wildman–Crippen MR) is 123 cm³/mol. The van der Waals surface area contributed by atoms with E-state index >= 15 is 0 Å². The molecule has 1 heterocycles. The lowest BCUT2D eigenvalue weighted by atomic mass is 9.98. The standard InChI is InChI=1S/C25H27N3O6/c1-2-14(11-21(29)28-22-19(24(31)32)12-26-23(22)30)27-25(33)34-13-20-17-9-5-3-7-15(17)16-8-4-6-10-18(16)20/h3-10,14,19-20,22H,2,11-13H2,1H3,(H,26,30)(H,27,33)(H,28,29)(H,31,32)/t14-,19?,22?/m0/s1. The van der Waals surface area contributed by atoms with E-state index < -0.39 is 41.9 Å². The second kappa shape index (κ2) is 9.94. The van der Waals surface area contributed by atoms with Gasteiger partial charge in [0.15, 0.2) is 0 Å². The van der Waals surface area contributed by atoms with Crippen molar-refractivity contribution in [2.75, 3.05) is 13.2 Å². The quantitative estimate of drug-likeness (QED) is 0.471. The van der Waals surface area contributed by atoms with Gasteiger partial charge in [0.2, 0.25) is 11.8 Å². The molecule has 2 aliphatic rings. The molecule has 0 bridgehead atoms. The molecule has 1 aliphatic carbocycles. The number of carbonyl (C=O) groups excluding carboxylic acids is 3. The summed E-state index contributed by atoms with van der Waals surface area (Å²) in [7, 11) is 0. The number of carboxylic acids is 1. The normalized spacial score (nSPS) is 19.5. The van der Waals surface area contributed by atoms with E-state index in [-0.39, 0.29) is 25.5 Å². The minimum atomic E-state index is -1.16. The zero-order chi connectivity index (χ0) is 24.2. The molecule has 1 aliphatic heterocycles. The van der Waals surface area contributed by atoms with Crippen molar-refractivity contribution in [2.24, 2.45) is 5.92 Å². The van der Waals surface area contributed by atoms with E-state index in [4.69, 9.17) is 4.74 Å². The van der Waals surface area contributed by atoms with Gasteiger partial charge in [-0.15, -0.1) is 0 Å². The molecule has 1 saturated heterocycles. The topological polar surface area (TPSA) is 134 Å². The van der Waals surface area contributed by atoms with Gasteiger partial charge in [-0.1, -0.05) is 55.5 Å². The summed E-state index contributed by atoms with van der Waals surface area (Å²) in [6.07, 6.45) is -0.281. The summed E-state index contributed by atoms with van der Waals surface area (Å²) in [6, 6.07) is 14.4. The molecule has 9 heteroatoms. The van der Waals surface area contributed by atoms with Gasteiger partial charge < -0.3 is 25.8 Å². The summed E-state index contributed by atoms with van der Waals surface area (Å²) < 4.78 is 5.53. The van der Waals surface area contributed by atoms with Gasteiger partial charge >= 0.3 is 12.1 Å². The van der Waals surface area contributed by atoms with Crippen molar-refractivity contribution in [2.45, 2.75) is 37.8 Å². The number of nitrogens with one attached hydrogen (secondary N) is 3. The van der Waals surface area contributed by atoms with Gasteiger partial charge in [0.05, 0.1) is 0 Å². The van der Waals surface area contributed by atoms with Gasteiger partial charge in [0.25, 0.3) is 0 Å². The number of carbonyl (C=O) groups is 4. The number of rotatable bonds is 8. The Labute approximate surface area is 196 Å². The fraction of sp³-hybridized carbons (Fsp3) is 0.360. The van der Waals surface area contributed by atoms with E-state index in [0.717, 1.165) is 22.3 Å². The van der Waals surface area contributed by atoms with Gasteiger partial charge in [-0.05, 0) is 28.7 Å². The Morgan fingerprint density at radius 3 is 2.29 bits per heavy atom. The molecule has 0 spiro atoms. The second-order valence-electron chi connectivity index (χ2n) is 8.51. The molecule has 4 N–H and O–H groups in total. The summed E-state index contributed by atoms with van der Waals surface area (Å²) in [5, 5.41) is 16.8. The summed E-state index contributed by atoms with van der Waals surface area (Å²) in [4.78, 5) is 48.1. The van der Waals surface area contributed by atoms with Crippen molar-refractivity contribution < 1.29 is 29.0 Å². The van der Waals surface area contributed by atoms with E-state index in [1.165, 1.54) is 0 Å². The van der Waals surface area contributed by atoms with Crippen LogP contribution in [0.3, 0.4) is 0 Å². The van der Waals surface area contributed by atoms with Crippen LogP contribution >= 0.6 is 0 Å². The summed E-state index contributed by atoms with van der Waals surface area (Å²) in [6.45, 7) is 1.93. The van der Waals surface area contributed by atoms with Crippen LogP contribution in [0.25, 0.3) is 11.1 Å². The number of carboxylic acid groups (broad SMARTS) is 1. The highest BCUT2D eigenvalue weighted by atomic mass is 16.5. The molecule has 0 saturated carbocycles. The molecule has 4 rings (SSSR count). The van der Waals surface area contributed by atoms with Crippen LogP contribution in [0.2, 0.25) is 0 Å². The first kappa shape index (κ1) is 23.3. The van der Waals surface area contributed by atoms with E-state index in [9.17, 15) is 24.3 Å². The van der Waals surface area contributed by atoms with Gasteiger partial charge in [-0.2, -0.15) is 0 Å². The average molecular weight is 466 g/mol. The van der Waals surface area contributed by atoms with Crippen LogP contribution in [0.15, 0.2) is 48.5 Å². The van der Waals surface area contributed by atoms with Crippen molar-refractivity contribution >= 4 is 23.9 Å². The Hall–Kier alpha value is -3.88. The zero-order valence-electron chi connectivity index (χ0n) is 18.7. The molecule has 0 aromatic heterocycles. The lowest BCUT2D eigenvalue weighted by Gasteiger charge is -2.20. The molecule has 2 aromatic rings. The molecule has 34 heavy (non-hydrogen) atoms. The van der Waals surface area contributed by atoms with E-state index in [1.54, 1.807) is 0 Å². The molecular weight excluding hydrogens is 438 g/mol. The minimum Gasteiger partial charge on any atom is -0.481 e. The smallest absolute Gasteiger partial charge is 0.407 e. The highest BCUT2D eigenvalue weighted by Crippen LogP contribution is 2.44. The van der Waals surface area contributed by atoms with Gasteiger partial charge in [-0.25, -0.2) is 4.79 Å². The first-order valence-corrected chi connectivity index (χ1v) is 11.3. The van der Waals surface area contributed by atoms with E-state index in [0.29, 0.717) is 6.42 Å². The Bertz CT molecular complexity index is 1070. The number of fused-ring (bicyclic) bond motifs is 3. The number of hydrogen-bond acceptors (Lipinski definition) is 5. The first-order chi connectivity index (χ1) is 16.4. The summed E-state index contributed by atoms with van der Waals surface area (Å²) in [5.74, 6) is -3.30.